The number of carbonyl (C=O) groups excluding carboxylic acids is 1. The maximum atomic E-state index is 13.5. The lowest BCUT2D eigenvalue weighted by Crippen LogP contribution is -2.44. The fourth-order valence-corrected chi connectivity index (χ4v) is 4.24. The van der Waals surface area contributed by atoms with Gasteiger partial charge in [0, 0.05) is 25.3 Å². The predicted molar refractivity (Wildman–Crippen MR) is 92.1 cm³/mol. The summed E-state index contributed by atoms with van der Waals surface area (Å²) in [7, 11) is 0. The molecular formula is C18H18F3N5O. The van der Waals surface area contributed by atoms with Crippen molar-refractivity contribution >= 4 is 22.6 Å². The molecule has 4 rings (SSSR count). The number of pyridine rings is 1. The number of H-pyrrole nitrogens is 1. The number of fused-ring (bicyclic) bond motifs is 1. The molecule has 0 radical (unpaired) electrons. The number of nitriles is 1. The second-order valence-corrected chi connectivity index (χ2v) is 7.28. The maximum Gasteiger partial charge on any atom is 0.434 e. The average Bonchev–Trinajstić information content (AvgIpc) is 3.15. The summed E-state index contributed by atoms with van der Waals surface area (Å²) < 4.78 is 40.5. The van der Waals surface area contributed by atoms with E-state index in [-0.39, 0.29) is 17.1 Å². The minimum atomic E-state index is -4.72. The zero-order chi connectivity index (χ0) is 19.4. The normalized spacial score (nSPS) is 19.5. The molecule has 1 amide bonds. The number of aromatic amines is 1. The summed E-state index contributed by atoms with van der Waals surface area (Å²) in [6.45, 7) is 3.20. The van der Waals surface area contributed by atoms with Gasteiger partial charge in [-0.25, -0.2) is 4.98 Å². The van der Waals surface area contributed by atoms with Crippen molar-refractivity contribution in [2.75, 3.05) is 24.5 Å². The number of amides is 1. The van der Waals surface area contributed by atoms with Gasteiger partial charge in [0.05, 0.1) is 22.1 Å². The first-order valence-corrected chi connectivity index (χ1v) is 8.79. The number of nitrogens with one attached hydrogen (secondary N) is 2. The Hall–Kier alpha value is -2.76. The van der Waals surface area contributed by atoms with Gasteiger partial charge in [-0.3, -0.25) is 4.79 Å². The number of hydrogen-bond acceptors (Lipinski definition) is 4. The molecule has 2 aliphatic rings. The molecule has 4 heterocycles. The molecule has 142 valence electrons. The third-order valence-corrected chi connectivity index (χ3v) is 5.66. The molecule has 0 aliphatic carbocycles. The van der Waals surface area contributed by atoms with Crippen LogP contribution in [-0.2, 0) is 11.0 Å². The van der Waals surface area contributed by atoms with Crippen molar-refractivity contribution in [2.45, 2.75) is 32.4 Å². The summed E-state index contributed by atoms with van der Waals surface area (Å²) in [5, 5.41) is 12.4. The second kappa shape index (κ2) is 5.87. The Kier molecular flexibility index (Phi) is 3.84. The molecule has 2 N–H and O–H groups in total. The SMILES string of the molecule is Cc1cc2nc(C(F)(F)F)c(C#N)c(N3CCC4(CCNC4=O)CC3)c2[nH]1. The number of halogens is 3. The lowest BCUT2D eigenvalue weighted by atomic mass is 9.77. The van der Waals surface area contributed by atoms with E-state index < -0.39 is 22.8 Å². The number of hydrogen-bond donors (Lipinski definition) is 2. The smallest absolute Gasteiger partial charge is 0.369 e. The van der Waals surface area contributed by atoms with Crippen molar-refractivity contribution in [1.82, 2.24) is 15.3 Å². The van der Waals surface area contributed by atoms with Crippen LogP contribution in [-0.4, -0.2) is 35.5 Å². The van der Waals surface area contributed by atoms with E-state index in [4.69, 9.17) is 0 Å². The van der Waals surface area contributed by atoms with E-state index in [1.165, 1.54) is 0 Å². The highest BCUT2D eigenvalue weighted by Gasteiger charge is 2.45. The number of aryl methyl sites for hydroxylation is 1. The van der Waals surface area contributed by atoms with Gasteiger partial charge in [0.1, 0.15) is 11.6 Å². The van der Waals surface area contributed by atoms with Gasteiger partial charge >= 0.3 is 6.18 Å². The number of rotatable bonds is 1. The van der Waals surface area contributed by atoms with Crippen molar-refractivity contribution in [1.29, 1.82) is 5.26 Å². The Morgan fingerprint density at radius 3 is 2.56 bits per heavy atom. The molecule has 2 fully saturated rings. The third kappa shape index (κ3) is 2.71. The first-order valence-electron chi connectivity index (χ1n) is 8.79. The van der Waals surface area contributed by atoms with Crippen molar-refractivity contribution < 1.29 is 18.0 Å². The fourth-order valence-electron chi connectivity index (χ4n) is 4.24. The zero-order valence-electron chi connectivity index (χ0n) is 14.7. The Morgan fingerprint density at radius 1 is 1.30 bits per heavy atom. The van der Waals surface area contributed by atoms with Crippen molar-refractivity contribution in [3.05, 3.63) is 23.0 Å². The molecule has 1 spiro atoms. The Balaban J connectivity index is 1.81. The van der Waals surface area contributed by atoms with Crippen LogP contribution in [0.3, 0.4) is 0 Å². The quantitative estimate of drug-likeness (QED) is 0.800. The van der Waals surface area contributed by atoms with Gasteiger partial charge < -0.3 is 15.2 Å². The Labute approximate surface area is 153 Å². The predicted octanol–water partition coefficient (Wildman–Crippen LogP) is 2.87. The molecule has 0 aromatic carbocycles. The van der Waals surface area contributed by atoms with Crippen LogP contribution in [0.15, 0.2) is 6.07 Å². The van der Waals surface area contributed by atoms with Crippen molar-refractivity contribution in [3.63, 3.8) is 0 Å². The number of piperidine rings is 1. The third-order valence-electron chi connectivity index (χ3n) is 5.66. The minimum Gasteiger partial charge on any atom is -0.369 e. The molecule has 6 nitrogen and oxygen atoms in total. The highest BCUT2D eigenvalue weighted by atomic mass is 19.4. The van der Waals surface area contributed by atoms with Crippen LogP contribution in [0.25, 0.3) is 11.0 Å². The summed E-state index contributed by atoms with van der Waals surface area (Å²) in [5.41, 5.74) is -0.541. The second-order valence-electron chi connectivity index (χ2n) is 7.28. The molecular weight excluding hydrogens is 359 g/mol. The van der Waals surface area contributed by atoms with E-state index in [2.05, 4.69) is 15.3 Å². The van der Waals surface area contributed by atoms with Gasteiger partial charge in [-0.1, -0.05) is 0 Å². The highest BCUT2D eigenvalue weighted by Crippen LogP contribution is 2.43. The molecule has 0 saturated carbocycles. The van der Waals surface area contributed by atoms with Crippen molar-refractivity contribution in [3.8, 4) is 6.07 Å². The van der Waals surface area contributed by atoms with Crippen LogP contribution >= 0.6 is 0 Å². The summed E-state index contributed by atoms with van der Waals surface area (Å²) in [5.74, 6) is 0.0224. The molecule has 0 unspecified atom stereocenters. The largest absolute Gasteiger partial charge is 0.434 e. The fraction of sp³-hybridized carbons (Fsp3) is 0.500. The van der Waals surface area contributed by atoms with Gasteiger partial charge in [0.2, 0.25) is 5.91 Å². The number of anilines is 1. The molecule has 0 atom stereocenters. The van der Waals surface area contributed by atoms with Crippen LogP contribution in [0.4, 0.5) is 18.9 Å². The number of carbonyl (C=O) groups is 1. The number of nitrogens with zero attached hydrogens (tertiary/aromatic N) is 3. The standard InChI is InChI=1S/C18H18F3N5O/c1-10-8-12-13(24-10)14(11(9-22)15(25-12)18(19,20)21)26-6-3-17(4-7-26)2-5-23-16(17)27/h8,24H,2-7H2,1H3,(H,23,27). The molecule has 27 heavy (non-hydrogen) atoms. The number of aromatic nitrogens is 2. The average molecular weight is 377 g/mol. The van der Waals surface area contributed by atoms with Gasteiger partial charge in [0.25, 0.3) is 0 Å². The monoisotopic (exact) mass is 377 g/mol. The van der Waals surface area contributed by atoms with Crippen LogP contribution in [0.5, 0.6) is 0 Å². The molecule has 2 aromatic heterocycles. The van der Waals surface area contributed by atoms with Crippen LogP contribution in [0.1, 0.15) is 36.2 Å². The van der Waals surface area contributed by atoms with E-state index in [1.54, 1.807) is 24.0 Å². The zero-order valence-corrected chi connectivity index (χ0v) is 14.7. The summed E-state index contributed by atoms with van der Waals surface area (Å²) in [6.07, 6.45) is -2.88. The Morgan fingerprint density at radius 2 is 2.00 bits per heavy atom. The molecule has 0 bridgehead atoms. The maximum absolute atomic E-state index is 13.5. The number of alkyl halides is 3. The molecule has 2 saturated heterocycles. The van der Waals surface area contributed by atoms with E-state index >= 15 is 0 Å². The first-order chi connectivity index (χ1) is 12.7. The van der Waals surface area contributed by atoms with Gasteiger partial charge in [0.15, 0.2) is 5.69 Å². The minimum absolute atomic E-state index is 0.0224. The van der Waals surface area contributed by atoms with E-state index in [9.17, 15) is 23.2 Å². The summed E-state index contributed by atoms with van der Waals surface area (Å²) in [6, 6.07) is 3.26. The van der Waals surface area contributed by atoms with Crippen LogP contribution in [0.2, 0.25) is 0 Å². The summed E-state index contributed by atoms with van der Waals surface area (Å²) >= 11 is 0. The lowest BCUT2D eigenvalue weighted by molar-refractivity contribution is -0.141. The summed E-state index contributed by atoms with van der Waals surface area (Å²) in [4.78, 5) is 20.7. The van der Waals surface area contributed by atoms with E-state index in [1.807, 2.05) is 0 Å². The van der Waals surface area contributed by atoms with E-state index in [0.717, 1.165) is 6.42 Å². The molecule has 2 aromatic rings. The van der Waals surface area contributed by atoms with Crippen LogP contribution in [0, 0.1) is 23.7 Å². The lowest BCUT2D eigenvalue weighted by Gasteiger charge is -2.39. The van der Waals surface area contributed by atoms with Gasteiger partial charge in [-0.05, 0) is 32.3 Å². The Bertz CT molecular complexity index is 964. The highest BCUT2D eigenvalue weighted by molar-refractivity contribution is 5.93. The van der Waals surface area contributed by atoms with Gasteiger partial charge in [-0.15, -0.1) is 0 Å². The topological polar surface area (TPSA) is 84.8 Å². The van der Waals surface area contributed by atoms with E-state index in [0.29, 0.717) is 43.7 Å². The van der Waals surface area contributed by atoms with Crippen LogP contribution < -0.4 is 10.2 Å². The van der Waals surface area contributed by atoms with Gasteiger partial charge in [-0.2, -0.15) is 18.4 Å². The van der Waals surface area contributed by atoms with Crippen molar-refractivity contribution in [2.24, 2.45) is 5.41 Å². The molecule has 9 heteroatoms. The molecule has 2 aliphatic heterocycles. The first kappa shape index (κ1) is 17.6.